The fourth-order valence-electron chi connectivity index (χ4n) is 2.62. The minimum absolute atomic E-state index is 0.0699. The Morgan fingerprint density at radius 2 is 1.49 bits per heavy atom. The number of halogens is 1. The molecule has 0 saturated carbocycles. The van der Waals surface area contributed by atoms with Crippen molar-refractivity contribution in [3.05, 3.63) is 101 Å². The van der Waals surface area contributed by atoms with Gasteiger partial charge in [-0.05, 0) is 57.9 Å². The highest BCUT2D eigenvalue weighted by Crippen LogP contribution is 2.30. The average molecular weight is 566 g/mol. The van der Waals surface area contributed by atoms with Gasteiger partial charge in [0, 0.05) is 18.2 Å². The summed E-state index contributed by atoms with van der Waals surface area (Å²) in [5.74, 6) is -0.0699. The van der Waals surface area contributed by atoms with Crippen LogP contribution in [0.5, 0.6) is 5.75 Å². The molecule has 180 valence electrons. The monoisotopic (exact) mass is 565 g/mol. The van der Waals surface area contributed by atoms with E-state index in [0.717, 1.165) is 42.5 Å². The maximum absolute atomic E-state index is 12.5. The third kappa shape index (κ3) is 6.12. The van der Waals surface area contributed by atoms with Gasteiger partial charge in [-0.15, -0.1) is 0 Å². The summed E-state index contributed by atoms with van der Waals surface area (Å²) in [6.07, 6.45) is 1.27. The van der Waals surface area contributed by atoms with Gasteiger partial charge >= 0.3 is 15.8 Å². The summed E-state index contributed by atoms with van der Waals surface area (Å²) in [5, 5.41) is 36.6. The molecule has 0 radical (unpaired) electrons. The van der Waals surface area contributed by atoms with Crippen molar-refractivity contribution in [1.29, 1.82) is 0 Å². The summed E-state index contributed by atoms with van der Waals surface area (Å²) >= 11 is 3.18. The van der Waals surface area contributed by atoms with E-state index in [2.05, 4.69) is 26.5 Å². The van der Waals surface area contributed by atoms with Crippen molar-refractivity contribution in [2.75, 3.05) is 5.43 Å². The number of benzene rings is 3. The van der Waals surface area contributed by atoms with Gasteiger partial charge in [-0.2, -0.15) is 13.5 Å². The SMILES string of the molecule is O=[N+]([O-])c1ccc(S(=O)(=O)Oc2ccc(/C=N\Nc3ccc([N+](=O)[O-])cc3[N+](=O)[O-])cc2Br)cc1. The molecule has 3 rings (SSSR count). The minimum atomic E-state index is -4.28. The van der Waals surface area contributed by atoms with Gasteiger partial charge in [0.25, 0.3) is 11.4 Å². The van der Waals surface area contributed by atoms with Gasteiger partial charge < -0.3 is 4.18 Å². The van der Waals surface area contributed by atoms with Crippen molar-refractivity contribution in [2.24, 2.45) is 5.10 Å². The van der Waals surface area contributed by atoms with Gasteiger partial charge in [0.15, 0.2) is 5.75 Å². The second-order valence-corrected chi connectivity index (χ2v) is 8.96. The Bertz CT molecular complexity index is 1460. The van der Waals surface area contributed by atoms with Crippen LogP contribution >= 0.6 is 15.9 Å². The zero-order valence-electron chi connectivity index (χ0n) is 17.1. The summed E-state index contributed by atoms with van der Waals surface area (Å²) in [6.45, 7) is 0. The van der Waals surface area contributed by atoms with Crippen molar-refractivity contribution < 1.29 is 27.4 Å². The summed E-state index contributed by atoms with van der Waals surface area (Å²) in [6, 6.07) is 11.4. The molecule has 1 N–H and O–H groups in total. The summed E-state index contributed by atoms with van der Waals surface area (Å²) in [5.41, 5.74) is 1.52. The quantitative estimate of drug-likeness (QED) is 0.168. The average Bonchev–Trinajstić information content (AvgIpc) is 2.80. The molecule has 14 nitrogen and oxygen atoms in total. The molecule has 0 heterocycles. The first-order valence-electron chi connectivity index (χ1n) is 9.18. The van der Waals surface area contributed by atoms with E-state index in [1.54, 1.807) is 0 Å². The van der Waals surface area contributed by atoms with Gasteiger partial charge in [-0.25, -0.2) is 0 Å². The van der Waals surface area contributed by atoms with E-state index in [0.29, 0.717) is 5.56 Å². The fourth-order valence-corrected chi connectivity index (χ4v) is 4.15. The van der Waals surface area contributed by atoms with Crippen LogP contribution < -0.4 is 9.61 Å². The highest BCUT2D eigenvalue weighted by Gasteiger charge is 2.20. The molecule has 16 heteroatoms. The third-order valence-corrected chi connectivity index (χ3v) is 6.15. The molecule has 0 bridgehead atoms. The highest BCUT2D eigenvalue weighted by molar-refractivity contribution is 9.10. The zero-order chi connectivity index (χ0) is 25.8. The molecule has 0 aromatic heterocycles. The Balaban J connectivity index is 1.74. The van der Waals surface area contributed by atoms with E-state index in [1.165, 1.54) is 24.4 Å². The van der Waals surface area contributed by atoms with Gasteiger partial charge in [0.2, 0.25) is 0 Å². The minimum Gasteiger partial charge on any atom is -0.378 e. The second kappa shape index (κ2) is 10.2. The zero-order valence-corrected chi connectivity index (χ0v) is 19.5. The molecule has 0 aliphatic rings. The van der Waals surface area contributed by atoms with Crippen LogP contribution in [-0.4, -0.2) is 29.4 Å². The molecule has 0 fully saturated rings. The predicted molar refractivity (Wildman–Crippen MR) is 126 cm³/mol. The number of hydrogen-bond donors (Lipinski definition) is 1. The second-order valence-electron chi connectivity index (χ2n) is 6.56. The van der Waals surface area contributed by atoms with Crippen LogP contribution in [0.1, 0.15) is 5.56 Å². The van der Waals surface area contributed by atoms with Crippen molar-refractivity contribution in [1.82, 2.24) is 0 Å². The Kier molecular flexibility index (Phi) is 7.36. The maximum Gasteiger partial charge on any atom is 0.339 e. The van der Waals surface area contributed by atoms with Gasteiger partial charge in [-0.3, -0.25) is 35.8 Å². The molecule has 3 aromatic rings. The van der Waals surface area contributed by atoms with E-state index >= 15 is 0 Å². The van der Waals surface area contributed by atoms with E-state index < -0.39 is 36.3 Å². The topological polar surface area (TPSA) is 197 Å². The van der Waals surface area contributed by atoms with Crippen molar-refractivity contribution in [2.45, 2.75) is 4.90 Å². The molecule has 0 aliphatic heterocycles. The van der Waals surface area contributed by atoms with E-state index in [-0.39, 0.29) is 26.5 Å². The van der Waals surface area contributed by atoms with Crippen molar-refractivity contribution in [3.8, 4) is 5.75 Å². The van der Waals surface area contributed by atoms with Crippen LogP contribution in [0.3, 0.4) is 0 Å². The van der Waals surface area contributed by atoms with Crippen LogP contribution in [0.25, 0.3) is 0 Å². The molecular weight excluding hydrogens is 554 g/mol. The lowest BCUT2D eigenvalue weighted by Gasteiger charge is -2.09. The number of non-ortho nitro benzene ring substituents is 2. The van der Waals surface area contributed by atoms with Crippen LogP contribution in [0, 0.1) is 30.3 Å². The summed E-state index contributed by atoms with van der Waals surface area (Å²) in [4.78, 5) is 30.2. The lowest BCUT2D eigenvalue weighted by Crippen LogP contribution is -2.10. The van der Waals surface area contributed by atoms with Crippen LogP contribution in [0.4, 0.5) is 22.7 Å². The lowest BCUT2D eigenvalue weighted by atomic mass is 10.2. The predicted octanol–water partition coefficient (Wildman–Crippen LogP) is 4.39. The molecule has 35 heavy (non-hydrogen) atoms. The molecule has 0 unspecified atom stereocenters. The van der Waals surface area contributed by atoms with E-state index in [1.807, 2.05) is 0 Å². The molecule has 0 aliphatic carbocycles. The molecule has 0 atom stereocenters. The first-order chi connectivity index (χ1) is 16.5. The van der Waals surface area contributed by atoms with Crippen LogP contribution in [0.2, 0.25) is 0 Å². The summed E-state index contributed by atoms with van der Waals surface area (Å²) < 4.78 is 30.2. The van der Waals surface area contributed by atoms with Crippen LogP contribution in [-0.2, 0) is 10.1 Å². The normalized spacial score (nSPS) is 11.2. The number of anilines is 1. The standard InChI is InChI=1S/C19H12BrN5O9S/c20-16-9-12(11-21-22-17-7-4-14(24(28)29)10-18(17)25(30)31)1-8-19(16)34-35(32,33)15-5-2-13(3-6-15)23(26)27/h1-11,22H/b21-11-. The fraction of sp³-hybridized carbons (Fsp3) is 0. The first-order valence-corrected chi connectivity index (χ1v) is 11.4. The molecule has 0 spiro atoms. The molecule has 0 amide bonds. The number of nitro benzene ring substituents is 3. The van der Waals surface area contributed by atoms with Crippen LogP contribution in [0.15, 0.2) is 75.1 Å². The number of nitrogens with one attached hydrogen (secondary N) is 1. The Morgan fingerprint density at radius 1 is 0.857 bits per heavy atom. The van der Waals surface area contributed by atoms with Gasteiger partial charge in [-0.1, -0.05) is 0 Å². The Hall–Kier alpha value is -4.44. The van der Waals surface area contributed by atoms with Crippen molar-refractivity contribution in [3.63, 3.8) is 0 Å². The summed E-state index contributed by atoms with van der Waals surface area (Å²) in [7, 11) is -4.28. The van der Waals surface area contributed by atoms with E-state index in [4.69, 9.17) is 4.18 Å². The van der Waals surface area contributed by atoms with Gasteiger partial charge in [0.1, 0.15) is 10.6 Å². The molecular formula is C19H12BrN5O9S. The number of hydrazone groups is 1. The number of hydrogen-bond acceptors (Lipinski definition) is 11. The third-order valence-electron chi connectivity index (χ3n) is 4.28. The smallest absolute Gasteiger partial charge is 0.339 e. The maximum atomic E-state index is 12.5. The Labute approximate surface area is 204 Å². The van der Waals surface area contributed by atoms with Crippen molar-refractivity contribution >= 4 is 55.0 Å². The number of rotatable bonds is 9. The Morgan fingerprint density at radius 3 is 2.06 bits per heavy atom. The van der Waals surface area contributed by atoms with E-state index in [9.17, 15) is 38.8 Å². The number of nitro groups is 3. The number of nitrogens with zero attached hydrogens (tertiary/aromatic N) is 4. The lowest BCUT2D eigenvalue weighted by molar-refractivity contribution is -0.393. The van der Waals surface area contributed by atoms with Gasteiger partial charge in [0.05, 0.1) is 31.5 Å². The molecule has 3 aromatic carbocycles. The largest absolute Gasteiger partial charge is 0.378 e. The highest BCUT2D eigenvalue weighted by atomic mass is 79.9. The first kappa shape index (κ1) is 25.2. The molecule has 0 saturated heterocycles.